The van der Waals surface area contributed by atoms with E-state index in [1.807, 2.05) is 36.4 Å². The Kier molecular flexibility index (Phi) is 8.20. The summed E-state index contributed by atoms with van der Waals surface area (Å²) in [6, 6.07) is 15.5. The molecule has 0 aliphatic carbocycles. The largest absolute Gasteiger partial charge is 0.460 e. The van der Waals surface area contributed by atoms with Crippen LogP contribution in [0.4, 0.5) is 5.69 Å². The number of nitrogens with one attached hydrogen (secondary N) is 1. The van der Waals surface area contributed by atoms with E-state index in [0.29, 0.717) is 17.0 Å². The number of nitro benzene ring substituents is 1. The first kappa shape index (κ1) is 25.4. The summed E-state index contributed by atoms with van der Waals surface area (Å²) in [6.45, 7) is 6.87. The van der Waals surface area contributed by atoms with Crippen LogP contribution in [-0.4, -0.2) is 29.6 Å². The molecule has 2 aromatic rings. The second-order valence-electron chi connectivity index (χ2n) is 8.35. The topological polar surface area (TPSA) is 108 Å². The zero-order chi connectivity index (χ0) is 25.5. The highest BCUT2D eigenvalue weighted by Crippen LogP contribution is 2.40. The fourth-order valence-electron chi connectivity index (χ4n) is 3.91. The maximum atomic E-state index is 13.3. The fourth-order valence-corrected chi connectivity index (χ4v) is 3.91. The summed E-state index contributed by atoms with van der Waals surface area (Å²) < 4.78 is 11.0. The molecule has 1 atom stereocenters. The highest BCUT2D eigenvalue weighted by molar-refractivity contribution is 6.00. The van der Waals surface area contributed by atoms with Crippen LogP contribution in [0.1, 0.15) is 44.7 Å². The number of hydrogen-bond donors (Lipinski definition) is 1. The fraction of sp³-hybridized carbons (Fsp3) is 0.259. The van der Waals surface area contributed by atoms with Crippen molar-refractivity contribution in [2.45, 2.75) is 39.7 Å². The van der Waals surface area contributed by atoms with E-state index in [-0.39, 0.29) is 29.5 Å². The van der Waals surface area contributed by atoms with Crippen molar-refractivity contribution in [1.29, 1.82) is 0 Å². The number of carbonyl (C=O) groups excluding carboxylic acids is 2. The minimum Gasteiger partial charge on any atom is -0.460 e. The minimum absolute atomic E-state index is 0.0145. The van der Waals surface area contributed by atoms with Crippen LogP contribution >= 0.6 is 0 Å². The Bertz CT molecular complexity index is 1210. The first-order valence-electron chi connectivity index (χ1n) is 11.2. The van der Waals surface area contributed by atoms with Crippen molar-refractivity contribution in [1.82, 2.24) is 5.32 Å². The second-order valence-corrected chi connectivity index (χ2v) is 8.35. The van der Waals surface area contributed by atoms with Crippen molar-refractivity contribution in [3.05, 3.63) is 104 Å². The van der Waals surface area contributed by atoms with E-state index in [1.165, 1.54) is 18.2 Å². The minimum atomic E-state index is -0.895. The quantitative estimate of drug-likeness (QED) is 0.323. The first-order chi connectivity index (χ1) is 16.7. The van der Waals surface area contributed by atoms with Crippen LogP contribution in [-0.2, 0) is 19.1 Å². The maximum Gasteiger partial charge on any atom is 0.337 e. The zero-order valence-electron chi connectivity index (χ0n) is 20.1. The van der Waals surface area contributed by atoms with Crippen molar-refractivity contribution in [2.75, 3.05) is 6.61 Å². The summed E-state index contributed by atoms with van der Waals surface area (Å²) in [5.41, 5.74) is 2.64. The Morgan fingerprint density at radius 3 is 2.31 bits per heavy atom. The molecular formula is C27H28N2O6. The Morgan fingerprint density at radius 1 is 1.03 bits per heavy atom. The molecule has 8 nitrogen and oxygen atoms in total. The first-order valence-corrected chi connectivity index (χ1v) is 11.2. The van der Waals surface area contributed by atoms with Gasteiger partial charge >= 0.3 is 11.9 Å². The third-order valence-electron chi connectivity index (χ3n) is 5.38. The number of dihydropyridines is 1. The van der Waals surface area contributed by atoms with Gasteiger partial charge in [-0.3, -0.25) is 10.1 Å². The third-order valence-corrected chi connectivity index (χ3v) is 5.38. The van der Waals surface area contributed by atoms with Crippen LogP contribution in [0.5, 0.6) is 0 Å². The lowest BCUT2D eigenvalue weighted by atomic mass is 9.80. The molecule has 35 heavy (non-hydrogen) atoms. The molecule has 1 heterocycles. The second kappa shape index (κ2) is 11.3. The standard InChI is InChI=1S/C27H28N2O6/c1-17(2)35-27(31)24-19(4)28-18(3)23(25(24)21-13-8-14-22(16-21)29(32)33)26(30)34-15-9-12-20-10-6-5-7-11-20/h5-14,16-17,25,28H,15H2,1-4H3. The molecule has 0 fully saturated rings. The number of rotatable bonds is 8. The van der Waals surface area contributed by atoms with Crippen LogP contribution in [0.25, 0.3) is 6.08 Å². The Hall–Kier alpha value is -4.20. The third kappa shape index (κ3) is 6.23. The summed E-state index contributed by atoms with van der Waals surface area (Å²) in [6.07, 6.45) is 3.16. The van der Waals surface area contributed by atoms with E-state index < -0.39 is 22.8 Å². The summed E-state index contributed by atoms with van der Waals surface area (Å²) >= 11 is 0. The van der Waals surface area contributed by atoms with Gasteiger partial charge in [-0.05, 0) is 44.9 Å². The number of nitro groups is 1. The summed E-state index contributed by atoms with van der Waals surface area (Å²) in [4.78, 5) is 37.2. The molecular weight excluding hydrogens is 448 g/mol. The number of nitrogens with zero attached hydrogens (tertiary/aromatic N) is 1. The number of carbonyl (C=O) groups is 2. The van der Waals surface area contributed by atoms with Gasteiger partial charge in [0.05, 0.1) is 28.1 Å². The molecule has 0 radical (unpaired) electrons. The molecule has 0 spiro atoms. The van der Waals surface area contributed by atoms with Gasteiger partial charge in [-0.2, -0.15) is 0 Å². The molecule has 182 valence electrons. The Morgan fingerprint density at radius 2 is 1.69 bits per heavy atom. The summed E-state index contributed by atoms with van der Waals surface area (Å²) in [7, 11) is 0. The van der Waals surface area contributed by atoms with E-state index in [1.54, 1.807) is 39.8 Å². The molecule has 1 aliphatic heterocycles. The molecule has 1 aliphatic rings. The highest BCUT2D eigenvalue weighted by atomic mass is 16.6. The zero-order valence-corrected chi connectivity index (χ0v) is 20.1. The predicted molar refractivity (Wildman–Crippen MR) is 132 cm³/mol. The van der Waals surface area contributed by atoms with Crippen molar-refractivity contribution in [3.63, 3.8) is 0 Å². The van der Waals surface area contributed by atoms with Crippen LogP contribution in [0, 0.1) is 10.1 Å². The summed E-state index contributed by atoms with van der Waals surface area (Å²) in [5, 5.41) is 14.5. The van der Waals surface area contributed by atoms with Gasteiger partial charge in [0.15, 0.2) is 0 Å². The molecule has 0 bridgehead atoms. The number of benzene rings is 2. The van der Waals surface area contributed by atoms with Crippen LogP contribution in [0.15, 0.2) is 83.2 Å². The van der Waals surface area contributed by atoms with Crippen LogP contribution < -0.4 is 5.32 Å². The molecule has 1 N–H and O–H groups in total. The van der Waals surface area contributed by atoms with Gasteiger partial charge in [0, 0.05) is 23.5 Å². The summed E-state index contributed by atoms with van der Waals surface area (Å²) in [5.74, 6) is -2.14. The van der Waals surface area contributed by atoms with Crippen LogP contribution in [0.2, 0.25) is 0 Å². The number of hydrogen-bond acceptors (Lipinski definition) is 7. The van der Waals surface area contributed by atoms with E-state index in [2.05, 4.69) is 5.32 Å². The number of ether oxygens (including phenoxy) is 2. The van der Waals surface area contributed by atoms with Gasteiger partial charge in [0.1, 0.15) is 6.61 Å². The number of non-ortho nitro benzene ring substituents is 1. The smallest absolute Gasteiger partial charge is 0.337 e. The van der Waals surface area contributed by atoms with Gasteiger partial charge in [0.25, 0.3) is 5.69 Å². The van der Waals surface area contributed by atoms with Gasteiger partial charge < -0.3 is 14.8 Å². The molecule has 0 saturated heterocycles. The molecule has 2 aromatic carbocycles. The molecule has 8 heteroatoms. The lowest BCUT2D eigenvalue weighted by Gasteiger charge is -2.30. The maximum absolute atomic E-state index is 13.3. The Balaban J connectivity index is 1.97. The van der Waals surface area contributed by atoms with E-state index in [0.717, 1.165) is 5.56 Å². The lowest BCUT2D eigenvalue weighted by Crippen LogP contribution is -2.33. The van der Waals surface area contributed by atoms with Gasteiger partial charge in [0.2, 0.25) is 0 Å². The van der Waals surface area contributed by atoms with Crippen molar-refractivity contribution in [3.8, 4) is 0 Å². The van der Waals surface area contributed by atoms with E-state index in [4.69, 9.17) is 9.47 Å². The average Bonchev–Trinajstić information content (AvgIpc) is 2.81. The molecule has 0 amide bonds. The van der Waals surface area contributed by atoms with Gasteiger partial charge in [-0.1, -0.05) is 48.5 Å². The predicted octanol–water partition coefficient (Wildman–Crippen LogP) is 5.04. The normalized spacial score (nSPS) is 15.9. The van der Waals surface area contributed by atoms with Gasteiger partial charge in [-0.25, -0.2) is 9.59 Å². The van der Waals surface area contributed by atoms with E-state index in [9.17, 15) is 19.7 Å². The highest BCUT2D eigenvalue weighted by Gasteiger charge is 2.38. The molecule has 3 rings (SSSR count). The molecule has 0 saturated carbocycles. The van der Waals surface area contributed by atoms with Crippen LogP contribution in [0.3, 0.4) is 0 Å². The lowest BCUT2D eigenvalue weighted by molar-refractivity contribution is -0.384. The average molecular weight is 477 g/mol. The monoisotopic (exact) mass is 476 g/mol. The van der Waals surface area contributed by atoms with Crippen molar-refractivity contribution >= 4 is 23.7 Å². The molecule has 0 aromatic heterocycles. The number of allylic oxidation sites excluding steroid dienone is 2. The Labute approximate surface area is 204 Å². The van der Waals surface area contributed by atoms with E-state index >= 15 is 0 Å². The van der Waals surface area contributed by atoms with Crippen molar-refractivity contribution in [2.24, 2.45) is 0 Å². The number of esters is 2. The molecule has 1 unspecified atom stereocenters. The SMILES string of the molecule is CC1=C(C(=O)OCC=Cc2ccccc2)C(c2cccc([N+](=O)[O-])c2)C(C(=O)OC(C)C)=C(C)N1. The van der Waals surface area contributed by atoms with Gasteiger partial charge in [-0.15, -0.1) is 0 Å². The van der Waals surface area contributed by atoms with Crippen molar-refractivity contribution < 1.29 is 24.0 Å².